The van der Waals surface area contributed by atoms with E-state index in [0.29, 0.717) is 43.2 Å². The number of benzene rings is 2. The maximum absolute atomic E-state index is 13.4. The van der Waals surface area contributed by atoms with Crippen LogP contribution >= 0.6 is 11.6 Å². The van der Waals surface area contributed by atoms with Crippen LogP contribution in [-0.4, -0.2) is 50.5 Å². The fourth-order valence-electron chi connectivity index (χ4n) is 7.96. The quantitative estimate of drug-likeness (QED) is 0.394. The standard InChI is InChI=1S/C33H43ClN2O5S/c1-20-13-21(2)22(3)42(39,40)35-32(38)24-7-11-31-29(16-24)36(17-25-6-9-27(25)30(37)14-20)18-33(19-41-31)12-4-5-23-15-26(34)8-10-28(23)33/h7-8,10-11,15-16,20-22,25,27,30,37H,4-6,9,12-14,17-19H2,1-3H3,(H,35,38)/t20-,21-,22+,25-,27+,30+,33-/m0/s1. The fourth-order valence-corrected chi connectivity index (χ4v) is 9.44. The zero-order chi connectivity index (χ0) is 29.8. The van der Waals surface area contributed by atoms with E-state index in [9.17, 15) is 18.3 Å². The molecule has 2 aliphatic carbocycles. The number of anilines is 1. The zero-order valence-electron chi connectivity index (χ0n) is 24.8. The molecule has 1 amide bonds. The molecule has 2 aromatic rings. The van der Waals surface area contributed by atoms with Crippen molar-refractivity contribution in [1.29, 1.82) is 0 Å². The normalized spacial score (nSPS) is 34.7. The molecule has 0 unspecified atom stereocenters. The Hall–Kier alpha value is -2.29. The van der Waals surface area contributed by atoms with Crippen LogP contribution < -0.4 is 14.4 Å². The van der Waals surface area contributed by atoms with E-state index in [1.54, 1.807) is 25.1 Å². The summed E-state index contributed by atoms with van der Waals surface area (Å²) < 4.78 is 35.4. The van der Waals surface area contributed by atoms with Crippen molar-refractivity contribution in [2.75, 3.05) is 24.6 Å². The lowest BCUT2D eigenvalue weighted by molar-refractivity contribution is 0.000383. The van der Waals surface area contributed by atoms with Gasteiger partial charge in [0.15, 0.2) is 0 Å². The van der Waals surface area contributed by atoms with Crippen molar-refractivity contribution in [2.45, 2.75) is 82.5 Å². The summed E-state index contributed by atoms with van der Waals surface area (Å²) in [5.74, 6) is 0.598. The molecule has 7 nitrogen and oxygen atoms in total. The Morgan fingerprint density at radius 3 is 2.67 bits per heavy atom. The van der Waals surface area contributed by atoms with Crippen LogP contribution in [0.3, 0.4) is 0 Å². The molecule has 9 heteroatoms. The minimum Gasteiger partial charge on any atom is -0.490 e. The number of fused-ring (bicyclic) bond motifs is 4. The van der Waals surface area contributed by atoms with Crippen molar-refractivity contribution in [2.24, 2.45) is 23.7 Å². The number of ether oxygens (including phenoxy) is 1. The molecule has 228 valence electrons. The van der Waals surface area contributed by atoms with Crippen LogP contribution in [0.1, 0.15) is 80.8 Å². The van der Waals surface area contributed by atoms with Gasteiger partial charge in [-0.1, -0.05) is 31.5 Å². The molecular weight excluding hydrogens is 572 g/mol. The van der Waals surface area contributed by atoms with Crippen LogP contribution in [0, 0.1) is 23.7 Å². The Bertz CT molecular complexity index is 1460. The number of aliphatic hydroxyl groups excluding tert-OH is 1. The molecule has 2 bridgehead atoms. The van der Waals surface area contributed by atoms with Gasteiger partial charge in [0, 0.05) is 29.1 Å². The zero-order valence-corrected chi connectivity index (χ0v) is 26.4. The molecular formula is C33H43ClN2O5S. The predicted molar refractivity (Wildman–Crippen MR) is 166 cm³/mol. The first-order valence-corrected chi connectivity index (χ1v) is 17.4. The monoisotopic (exact) mass is 614 g/mol. The van der Waals surface area contributed by atoms with Gasteiger partial charge in [-0.2, -0.15) is 0 Å². The van der Waals surface area contributed by atoms with Crippen molar-refractivity contribution < 1.29 is 23.1 Å². The maximum Gasteiger partial charge on any atom is 0.264 e. The van der Waals surface area contributed by atoms with Gasteiger partial charge >= 0.3 is 0 Å². The Balaban J connectivity index is 1.42. The third kappa shape index (κ3) is 5.55. The van der Waals surface area contributed by atoms with Crippen LogP contribution in [0.15, 0.2) is 36.4 Å². The summed E-state index contributed by atoms with van der Waals surface area (Å²) in [4.78, 5) is 15.7. The third-order valence-corrected chi connectivity index (χ3v) is 12.8. The highest BCUT2D eigenvalue weighted by atomic mass is 35.5. The number of amides is 1. The Morgan fingerprint density at radius 1 is 1.10 bits per heavy atom. The molecule has 2 aromatic carbocycles. The number of nitrogens with zero attached hydrogens (tertiary/aromatic N) is 1. The molecule has 2 heterocycles. The highest BCUT2D eigenvalue weighted by Gasteiger charge is 2.44. The molecule has 0 saturated heterocycles. The summed E-state index contributed by atoms with van der Waals surface area (Å²) in [6, 6.07) is 11.4. The number of carbonyl (C=O) groups is 1. The van der Waals surface area contributed by atoms with Gasteiger partial charge in [0.2, 0.25) is 10.0 Å². The molecule has 1 saturated carbocycles. The van der Waals surface area contributed by atoms with E-state index in [1.165, 1.54) is 11.1 Å². The Kier molecular flexibility index (Phi) is 8.03. The van der Waals surface area contributed by atoms with E-state index in [1.807, 2.05) is 13.0 Å². The second-order valence-electron chi connectivity index (χ2n) is 13.6. The summed E-state index contributed by atoms with van der Waals surface area (Å²) in [7, 11) is -3.90. The molecule has 2 N–H and O–H groups in total. The average molecular weight is 615 g/mol. The average Bonchev–Trinajstić information content (AvgIpc) is 3.06. The molecule has 0 radical (unpaired) electrons. The van der Waals surface area contributed by atoms with Gasteiger partial charge in [-0.25, -0.2) is 13.1 Å². The minimum atomic E-state index is -3.90. The van der Waals surface area contributed by atoms with Crippen LogP contribution in [0.25, 0.3) is 0 Å². The van der Waals surface area contributed by atoms with E-state index < -0.39 is 27.3 Å². The lowest BCUT2D eigenvalue weighted by Gasteiger charge is -2.46. The van der Waals surface area contributed by atoms with Crippen LogP contribution in [-0.2, 0) is 21.9 Å². The summed E-state index contributed by atoms with van der Waals surface area (Å²) in [5.41, 5.74) is 3.38. The molecule has 7 atom stereocenters. The molecule has 4 aliphatic rings. The SMILES string of the molecule is C[C@@H]1C[C@@H](O)[C@@H]2CC[C@H]2CN2C[C@@]3(CCCc4cc(Cl)ccc43)COc3ccc(cc32)C(=O)NS(=O)(=O)[C@H](C)[C@@H](C)C1. The number of sulfonamides is 1. The predicted octanol–water partition coefficient (Wildman–Crippen LogP) is 5.71. The first-order valence-electron chi connectivity index (χ1n) is 15.5. The minimum absolute atomic E-state index is 0.164. The summed E-state index contributed by atoms with van der Waals surface area (Å²) in [6.45, 7) is 7.63. The van der Waals surface area contributed by atoms with E-state index in [0.717, 1.165) is 49.4 Å². The van der Waals surface area contributed by atoms with Gasteiger partial charge in [-0.15, -0.1) is 0 Å². The smallest absolute Gasteiger partial charge is 0.264 e. The van der Waals surface area contributed by atoms with E-state index >= 15 is 0 Å². The first-order chi connectivity index (χ1) is 20.0. The highest BCUT2D eigenvalue weighted by molar-refractivity contribution is 7.90. The van der Waals surface area contributed by atoms with Crippen molar-refractivity contribution in [3.63, 3.8) is 0 Å². The van der Waals surface area contributed by atoms with Crippen molar-refractivity contribution >= 4 is 33.2 Å². The topological polar surface area (TPSA) is 95.9 Å². The maximum atomic E-state index is 13.4. The molecule has 1 fully saturated rings. The lowest BCUT2D eigenvalue weighted by Crippen LogP contribution is -2.49. The fraction of sp³-hybridized carbons (Fsp3) is 0.606. The van der Waals surface area contributed by atoms with Crippen LogP contribution in [0.4, 0.5) is 5.69 Å². The van der Waals surface area contributed by atoms with E-state index in [2.05, 4.69) is 28.7 Å². The number of aliphatic hydroxyl groups is 1. The van der Waals surface area contributed by atoms with Crippen molar-refractivity contribution in [1.82, 2.24) is 4.72 Å². The second-order valence-corrected chi connectivity index (χ2v) is 16.1. The van der Waals surface area contributed by atoms with Crippen LogP contribution in [0.5, 0.6) is 5.75 Å². The summed E-state index contributed by atoms with van der Waals surface area (Å²) in [5, 5.41) is 11.4. The highest BCUT2D eigenvalue weighted by Crippen LogP contribution is 2.47. The summed E-state index contributed by atoms with van der Waals surface area (Å²) in [6.07, 6.45) is 5.92. The Labute approximate surface area is 255 Å². The van der Waals surface area contributed by atoms with Crippen molar-refractivity contribution in [3.05, 3.63) is 58.1 Å². The van der Waals surface area contributed by atoms with Crippen LogP contribution in [0.2, 0.25) is 5.02 Å². The lowest BCUT2D eigenvalue weighted by atomic mass is 9.67. The van der Waals surface area contributed by atoms with E-state index in [-0.39, 0.29) is 23.2 Å². The number of halogens is 1. The largest absolute Gasteiger partial charge is 0.490 e. The van der Waals surface area contributed by atoms with E-state index in [4.69, 9.17) is 16.3 Å². The third-order valence-electron chi connectivity index (χ3n) is 10.7. The first kappa shape index (κ1) is 29.8. The van der Waals surface area contributed by atoms with Gasteiger partial charge in [-0.3, -0.25) is 4.79 Å². The molecule has 1 spiro atoms. The number of carbonyl (C=O) groups excluding carboxylic acids is 1. The van der Waals surface area contributed by atoms with Gasteiger partial charge < -0.3 is 14.7 Å². The van der Waals surface area contributed by atoms with Gasteiger partial charge in [-0.05, 0) is 117 Å². The molecule has 0 aromatic heterocycles. The van der Waals surface area contributed by atoms with Gasteiger partial charge in [0.1, 0.15) is 5.75 Å². The number of hydrogen-bond acceptors (Lipinski definition) is 6. The molecule has 6 rings (SSSR count). The number of hydrogen-bond donors (Lipinski definition) is 2. The Morgan fingerprint density at radius 2 is 1.90 bits per heavy atom. The number of nitrogens with one attached hydrogen (secondary N) is 1. The van der Waals surface area contributed by atoms with Gasteiger partial charge in [0.05, 0.1) is 23.6 Å². The summed E-state index contributed by atoms with van der Waals surface area (Å²) >= 11 is 6.39. The van der Waals surface area contributed by atoms with Gasteiger partial charge in [0.25, 0.3) is 5.91 Å². The second kappa shape index (κ2) is 11.3. The number of aryl methyl sites for hydroxylation is 1. The molecule has 2 aliphatic heterocycles. The van der Waals surface area contributed by atoms with Crippen molar-refractivity contribution in [3.8, 4) is 5.75 Å². The molecule has 42 heavy (non-hydrogen) atoms. The number of rotatable bonds is 0.